The molecule has 2 aromatic carbocycles. The SMILES string of the molecule is Cc1ccc(-c2c(C)noc2C)cc1N(CCCCCOCC(=O)OC(C)(C)C)c1ccc(F)c(-n2ccnc2)c1. The molecule has 41 heavy (non-hydrogen) atoms. The van der Waals surface area contributed by atoms with E-state index in [2.05, 4.69) is 40.2 Å². The third-order valence-corrected chi connectivity index (χ3v) is 6.66. The molecule has 0 saturated heterocycles. The molecule has 0 aliphatic rings. The predicted octanol–water partition coefficient (Wildman–Crippen LogP) is 7.26. The van der Waals surface area contributed by atoms with Crippen LogP contribution in [0.2, 0.25) is 0 Å². The van der Waals surface area contributed by atoms with Gasteiger partial charge in [0.25, 0.3) is 0 Å². The summed E-state index contributed by atoms with van der Waals surface area (Å²) in [4.78, 5) is 18.2. The molecule has 0 amide bonds. The Morgan fingerprint density at radius 1 is 1.07 bits per heavy atom. The van der Waals surface area contributed by atoms with Crippen LogP contribution in [0.25, 0.3) is 16.8 Å². The maximum absolute atomic E-state index is 14.9. The molecule has 9 heteroatoms. The summed E-state index contributed by atoms with van der Waals surface area (Å²) in [5, 5.41) is 4.13. The molecule has 0 aliphatic carbocycles. The number of benzene rings is 2. The second-order valence-corrected chi connectivity index (χ2v) is 11.2. The third-order valence-electron chi connectivity index (χ3n) is 6.66. The predicted molar refractivity (Wildman–Crippen MR) is 157 cm³/mol. The molecule has 0 atom stereocenters. The van der Waals surface area contributed by atoms with Gasteiger partial charge in [0.1, 0.15) is 23.8 Å². The van der Waals surface area contributed by atoms with E-state index in [9.17, 15) is 9.18 Å². The number of carbonyl (C=O) groups excluding carboxylic acids is 1. The number of unbranched alkanes of at least 4 members (excludes halogenated alkanes) is 2. The van der Waals surface area contributed by atoms with Crippen LogP contribution in [-0.4, -0.2) is 46.0 Å². The van der Waals surface area contributed by atoms with E-state index in [4.69, 9.17) is 14.0 Å². The van der Waals surface area contributed by atoms with E-state index in [-0.39, 0.29) is 18.4 Å². The number of aromatic nitrogens is 3. The summed E-state index contributed by atoms with van der Waals surface area (Å²) in [5.74, 6) is 0.0803. The number of esters is 1. The number of anilines is 2. The maximum atomic E-state index is 14.9. The fourth-order valence-corrected chi connectivity index (χ4v) is 4.79. The number of nitrogens with zero attached hydrogens (tertiary/aromatic N) is 4. The van der Waals surface area contributed by atoms with Gasteiger partial charge in [-0.05, 0) is 96.2 Å². The van der Waals surface area contributed by atoms with Gasteiger partial charge in [-0.25, -0.2) is 14.2 Å². The molecule has 8 nitrogen and oxygen atoms in total. The van der Waals surface area contributed by atoms with Gasteiger partial charge in [0.05, 0.1) is 17.7 Å². The summed E-state index contributed by atoms with van der Waals surface area (Å²) in [7, 11) is 0. The van der Waals surface area contributed by atoms with Crippen molar-refractivity contribution in [2.24, 2.45) is 0 Å². The van der Waals surface area contributed by atoms with Crippen LogP contribution in [0, 0.1) is 26.6 Å². The zero-order chi connectivity index (χ0) is 29.6. The first-order valence-corrected chi connectivity index (χ1v) is 13.9. The highest BCUT2D eigenvalue weighted by Crippen LogP contribution is 2.36. The van der Waals surface area contributed by atoms with Crippen molar-refractivity contribution >= 4 is 17.3 Å². The molecule has 0 fully saturated rings. The molecule has 4 rings (SSSR count). The van der Waals surface area contributed by atoms with Crippen molar-refractivity contribution in [1.29, 1.82) is 0 Å². The van der Waals surface area contributed by atoms with Gasteiger partial charge in [0, 0.05) is 42.5 Å². The number of hydrogen-bond donors (Lipinski definition) is 0. The largest absolute Gasteiger partial charge is 0.458 e. The average Bonchev–Trinajstić information content (AvgIpc) is 3.56. The molecule has 0 bridgehead atoms. The van der Waals surface area contributed by atoms with Gasteiger partial charge in [-0.3, -0.25) is 0 Å². The molecular formula is C32H39FN4O4. The van der Waals surface area contributed by atoms with Gasteiger partial charge in [-0.2, -0.15) is 0 Å². The first-order valence-electron chi connectivity index (χ1n) is 13.9. The fourth-order valence-electron chi connectivity index (χ4n) is 4.79. The van der Waals surface area contributed by atoms with E-state index < -0.39 is 5.60 Å². The van der Waals surface area contributed by atoms with Gasteiger partial charge >= 0.3 is 5.97 Å². The second kappa shape index (κ2) is 13.1. The van der Waals surface area contributed by atoms with Crippen LogP contribution >= 0.6 is 0 Å². The van der Waals surface area contributed by atoms with Gasteiger partial charge in [-0.15, -0.1) is 0 Å². The second-order valence-electron chi connectivity index (χ2n) is 11.2. The van der Waals surface area contributed by atoms with Crippen LogP contribution in [0.3, 0.4) is 0 Å². The lowest BCUT2D eigenvalue weighted by Crippen LogP contribution is -2.26. The summed E-state index contributed by atoms with van der Waals surface area (Å²) in [5.41, 5.74) is 5.71. The Morgan fingerprint density at radius 2 is 1.88 bits per heavy atom. The molecule has 0 N–H and O–H groups in total. The quantitative estimate of drug-likeness (QED) is 0.133. The van der Waals surface area contributed by atoms with Crippen molar-refractivity contribution in [3.8, 4) is 16.8 Å². The average molecular weight is 563 g/mol. The van der Waals surface area contributed by atoms with Gasteiger partial charge < -0.3 is 23.5 Å². The topological polar surface area (TPSA) is 82.6 Å². The van der Waals surface area contributed by atoms with Crippen LogP contribution in [0.4, 0.5) is 15.8 Å². The number of ether oxygens (including phenoxy) is 2. The highest BCUT2D eigenvalue weighted by molar-refractivity contribution is 5.77. The lowest BCUT2D eigenvalue weighted by atomic mass is 10.0. The Labute approximate surface area is 241 Å². The smallest absolute Gasteiger partial charge is 0.332 e. The Morgan fingerprint density at radius 3 is 2.56 bits per heavy atom. The van der Waals surface area contributed by atoms with E-state index in [1.807, 2.05) is 46.8 Å². The van der Waals surface area contributed by atoms with Gasteiger partial charge in [0.2, 0.25) is 0 Å². The normalized spacial score (nSPS) is 11.6. The zero-order valence-corrected chi connectivity index (χ0v) is 24.7. The van der Waals surface area contributed by atoms with Crippen molar-refractivity contribution in [2.75, 3.05) is 24.7 Å². The van der Waals surface area contributed by atoms with Crippen LogP contribution in [0.1, 0.15) is 57.1 Å². The molecule has 4 aromatic rings. The first-order chi connectivity index (χ1) is 19.5. The Kier molecular flexibility index (Phi) is 9.60. The first kappa shape index (κ1) is 30.0. The summed E-state index contributed by atoms with van der Waals surface area (Å²) < 4.78 is 32.8. The molecule has 0 radical (unpaired) electrons. The molecule has 0 unspecified atom stereocenters. The summed E-state index contributed by atoms with van der Waals surface area (Å²) in [6.07, 6.45) is 7.51. The monoisotopic (exact) mass is 562 g/mol. The number of carbonyl (C=O) groups is 1. The minimum absolute atomic E-state index is 0.0519. The zero-order valence-electron chi connectivity index (χ0n) is 24.7. The van der Waals surface area contributed by atoms with E-state index in [0.29, 0.717) is 18.8 Å². The molecule has 218 valence electrons. The van der Waals surface area contributed by atoms with Crippen molar-refractivity contribution in [2.45, 2.75) is 66.4 Å². The molecule has 0 spiro atoms. The van der Waals surface area contributed by atoms with E-state index in [0.717, 1.165) is 58.8 Å². The van der Waals surface area contributed by atoms with Gasteiger partial charge in [-0.1, -0.05) is 17.3 Å². The highest BCUT2D eigenvalue weighted by atomic mass is 19.1. The minimum atomic E-state index is -0.525. The van der Waals surface area contributed by atoms with E-state index >= 15 is 0 Å². The number of halogens is 1. The fraction of sp³-hybridized carbons (Fsp3) is 0.406. The summed E-state index contributed by atoms with van der Waals surface area (Å²) in [6, 6.07) is 11.5. The van der Waals surface area contributed by atoms with Crippen molar-refractivity contribution in [1.82, 2.24) is 14.7 Å². The van der Waals surface area contributed by atoms with E-state index in [1.165, 1.54) is 6.07 Å². The molecule has 0 saturated carbocycles. The molecule has 2 heterocycles. The van der Waals surface area contributed by atoms with Crippen LogP contribution in [0.15, 0.2) is 59.6 Å². The highest BCUT2D eigenvalue weighted by Gasteiger charge is 2.19. The van der Waals surface area contributed by atoms with Crippen molar-refractivity contribution in [3.05, 3.63) is 78.0 Å². The summed E-state index contributed by atoms with van der Waals surface area (Å²) >= 11 is 0. The van der Waals surface area contributed by atoms with Crippen LogP contribution in [-0.2, 0) is 14.3 Å². The van der Waals surface area contributed by atoms with E-state index in [1.54, 1.807) is 23.3 Å². The number of rotatable bonds is 12. The summed E-state index contributed by atoms with van der Waals surface area (Å²) in [6.45, 7) is 12.5. The van der Waals surface area contributed by atoms with Crippen molar-refractivity contribution < 1.29 is 23.2 Å². The molecular weight excluding hydrogens is 523 g/mol. The molecule has 2 aromatic heterocycles. The third kappa shape index (κ3) is 7.82. The number of aryl methyl sites for hydroxylation is 3. The van der Waals surface area contributed by atoms with Gasteiger partial charge in [0.15, 0.2) is 0 Å². The number of hydrogen-bond acceptors (Lipinski definition) is 7. The lowest BCUT2D eigenvalue weighted by Gasteiger charge is -2.28. The number of imidazole rings is 1. The molecule has 0 aliphatic heterocycles. The Balaban J connectivity index is 1.53. The Bertz CT molecular complexity index is 1440. The maximum Gasteiger partial charge on any atom is 0.332 e. The van der Waals surface area contributed by atoms with Crippen molar-refractivity contribution in [3.63, 3.8) is 0 Å². The Hall–Kier alpha value is -3.98. The standard InChI is InChI=1S/C32H39FN4O4/c1-22-10-11-25(31-23(2)35-41-24(31)3)18-28(22)37(15-8-7-9-17-39-20-30(38)40-32(4,5)6)26-12-13-27(33)29(19-26)36-16-14-34-21-36/h10-14,16,18-19,21H,7-9,15,17,20H2,1-6H3. The minimum Gasteiger partial charge on any atom is -0.458 e. The van der Waals surface area contributed by atoms with Crippen LogP contribution < -0.4 is 4.90 Å². The van der Waals surface area contributed by atoms with Crippen LogP contribution in [0.5, 0.6) is 0 Å². The lowest BCUT2D eigenvalue weighted by molar-refractivity contribution is -0.160.